The fourth-order valence-electron chi connectivity index (χ4n) is 2.43. The summed E-state index contributed by atoms with van der Waals surface area (Å²) >= 11 is 3.94. The highest BCUT2D eigenvalue weighted by molar-refractivity contribution is 7.80. The smallest absolute Gasteiger partial charge is 0.326 e. The zero-order valence-corrected chi connectivity index (χ0v) is 18.0. The molecule has 0 heterocycles. The standard InChI is InChI=1S/C17H29N5O9S/c18-4-2-1-3-9(17(30)31)20-16(29)11(7-32)22-15(28)10(6-13(25)26)21-14(27)8(19)5-12(23)24/h8-11,32H,1-7,18-19H2,(H,20,29)(H,21,27)(H,22,28)(H,23,24)(H,25,26)(H,30,31). The highest BCUT2D eigenvalue weighted by Crippen LogP contribution is 2.03. The molecule has 0 aromatic carbocycles. The van der Waals surface area contributed by atoms with Crippen LogP contribution in [0.5, 0.6) is 0 Å². The van der Waals surface area contributed by atoms with Gasteiger partial charge in [-0.2, -0.15) is 12.6 Å². The average Bonchev–Trinajstić information content (AvgIpc) is 2.69. The van der Waals surface area contributed by atoms with Gasteiger partial charge in [-0.05, 0) is 25.8 Å². The maximum absolute atomic E-state index is 12.5. The molecule has 0 aliphatic rings. The summed E-state index contributed by atoms with van der Waals surface area (Å²) in [6.45, 7) is 0.350. The third kappa shape index (κ3) is 11.5. The third-order valence-corrected chi connectivity index (χ3v) is 4.49. The van der Waals surface area contributed by atoms with Gasteiger partial charge in [0.05, 0.1) is 18.9 Å². The lowest BCUT2D eigenvalue weighted by atomic mass is 10.1. The molecule has 4 unspecified atom stereocenters. The Morgan fingerprint density at radius 1 is 0.750 bits per heavy atom. The van der Waals surface area contributed by atoms with Crippen LogP contribution < -0.4 is 27.4 Å². The molecule has 10 N–H and O–H groups in total. The van der Waals surface area contributed by atoms with E-state index in [9.17, 15) is 33.9 Å². The summed E-state index contributed by atoms with van der Waals surface area (Å²) in [5.41, 5.74) is 10.7. The Balaban J connectivity index is 5.21. The number of rotatable bonds is 16. The SMILES string of the molecule is NCCCCC(NC(=O)C(CS)NC(=O)C(CC(=O)O)NC(=O)C(N)CC(=O)O)C(=O)O. The van der Waals surface area contributed by atoms with E-state index in [0.717, 1.165) is 0 Å². The molecular weight excluding hydrogens is 450 g/mol. The average molecular weight is 480 g/mol. The normalized spacial score (nSPS) is 14.3. The van der Waals surface area contributed by atoms with Gasteiger partial charge in [0.25, 0.3) is 0 Å². The van der Waals surface area contributed by atoms with Gasteiger partial charge in [-0.15, -0.1) is 0 Å². The molecule has 0 aliphatic carbocycles. The molecule has 15 heteroatoms. The van der Waals surface area contributed by atoms with E-state index in [4.69, 9.17) is 21.7 Å². The number of hydrogen-bond acceptors (Lipinski definition) is 9. The first-order valence-corrected chi connectivity index (χ1v) is 10.2. The summed E-state index contributed by atoms with van der Waals surface area (Å²) in [5.74, 6) is -7.43. The van der Waals surface area contributed by atoms with Gasteiger partial charge < -0.3 is 42.7 Å². The molecule has 0 rings (SSSR count). The number of nitrogens with one attached hydrogen (secondary N) is 3. The monoisotopic (exact) mass is 479 g/mol. The predicted octanol–water partition coefficient (Wildman–Crippen LogP) is -3.14. The van der Waals surface area contributed by atoms with Crippen molar-refractivity contribution in [3.8, 4) is 0 Å². The Morgan fingerprint density at radius 3 is 1.72 bits per heavy atom. The van der Waals surface area contributed by atoms with Crippen molar-refractivity contribution in [1.82, 2.24) is 16.0 Å². The van der Waals surface area contributed by atoms with Crippen molar-refractivity contribution in [2.45, 2.75) is 56.3 Å². The third-order valence-electron chi connectivity index (χ3n) is 4.12. The number of carboxylic acid groups (broad SMARTS) is 3. The van der Waals surface area contributed by atoms with E-state index < -0.39 is 72.6 Å². The van der Waals surface area contributed by atoms with Crippen LogP contribution in [0.4, 0.5) is 0 Å². The van der Waals surface area contributed by atoms with E-state index in [0.29, 0.717) is 19.4 Å². The number of nitrogens with two attached hydrogens (primary N) is 2. The van der Waals surface area contributed by atoms with Gasteiger partial charge in [-0.1, -0.05) is 0 Å². The Bertz CT molecular complexity index is 706. The van der Waals surface area contributed by atoms with Crippen molar-refractivity contribution in [3.63, 3.8) is 0 Å². The zero-order valence-electron chi connectivity index (χ0n) is 17.2. The van der Waals surface area contributed by atoms with E-state index in [1.54, 1.807) is 0 Å². The number of carboxylic acids is 3. The maximum Gasteiger partial charge on any atom is 0.326 e. The van der Waals surface area contributed by atoms with Crippen molar-refractivity contribution in [2.24, 2.45) is 11.5 Å². The van der Waals surface area contributed by atoms with E-state index in [2.05, 4.69) is 23.3 Å². The van der Waals surface area contributed by atoms with Crippen LogP contribution in [0.25, 0.3) is 0 Å². The van der Waals surface area contributed by atoms with Gasteiger partial charge in [0.1, 0.15) is 18.1 Å². The second-order valence-corrected chi connectivity index (χ2v) is 7.16. The van der Waals surface area contributed by atoms with Gasteiger partial charge in [-0.3, -0.25) is 24.0 Å². The van der Waals surface area contributed by atoms with Crippen molar-refractivity contribution in [1.29, 1.82) is 0 Å². The lowest BCUT2D eigenvalue weighted by Crippen LogP contribution is -2.58. The molecule has 0 saturated carbocycles. The van der Waals surface area contributed by atoms with Crippen LogP contribution in [0.15, 0.2) is 0 Å². The van der Waals surface area contributed by atoms with Gasteiger partial charge in [0.15, 0.2) is 0 Å². The Morgan fingerprint density at radius 2 is 1.25 bits per heavy atom. The Kier molecular flexibility index (Phi) is 13.6. The number of hydrogen-bond donors (Lipinski definition) is 9. The maximum atomic E-state index is 12.5. The second kappa shape index (κ2) is 15.0. The molecule has 0 aromatic rings. The fourth-order valence-corrected chi connectivity index (χ4v) is 2.69. The van der Waals surface area contributed by atoms with Crippen LogP contribution in [0, 0.1) is 0 Å². The van der Waals surface area contributed by atoms with Crippen molar-refractivity contribution >= 4 is 48.3 Å². The van der Waals surface area contributed by atoms with E-state index in [1.807, 2.05) is 5.32 Å². The van der Waals surface area contributed by atoms with Crippen LogP contribution in [0.3, 0.4) is 0 Å². The molecule has 0 bridgehead atoms. The number of amides is 3. The van der Waals surface area contributed by atoms with E-state index in [-0.39, 0.29) is 12.2 Å². The van der Waals surface area contributed by atoms with Gasteiger partial charge in [-0.25, -0.2) is 4.79 Å². The number of thiol groups is 1. The van der Waals surface area contributed by atoms with Crippen LogP contribution in [-0.4, -0.2) is 87.4 Å². The van der Waals surface area contributed by atoms with Crippen LogP contribution in [0.2, 0.25) is 0 Å². The molecule has 4 atom stereocenters. The number of carbonyl (C=O) groups is 6. The molecule has 3 amide bonds. The van der Waals surface area contributed by atoms with Crippen molar-refractivity contribution in [2.75, 3.05) is 12.3 Å². The highest BCUT2D eigenvalue weighted by Gasteiger charge is 2.31. The molecule has 32 heavy (non-hydrogen) atoms. The second-order valence-electron chi connectivity index (χ2n) is 6.79. The van der Waals surface area contributed by atoms with Crippen LogP contribution in [0.1, 0.15) is 32.1 Å². The minimum atomic E-state index is -1.67. The first-order chi connectivity index (χ1) is 14.9. The largest absolute Gasteiger partial charge is 0.481 e. The molecule has 0 saturated heterocycles. The summed E-state index contributed by atoms with van der Waals surface area (Å²) in [6, 6.07) is -5.79. The first-order valence-electron chi connectivity index (χ1n) is 9.56. The van der Waals surface area contributed by atoms with Gasteiger partial charge in [0.2, 0.25) is 17.7 Å². The predicted molar refractivity (Wildman–Crippen MR) is 113 cm³/mol. The minimum Gasteiger partial charge on any atom is -0.481 e. The summed E-state index contributed by atoms with van der Waals surface area (Å²) in [4.78, 5) is 69.9. The number of aliphatic carboxylic acids is 3. The molecule has 14 nitrogen and oxygen atoms in total. The molecule has 0 fully saturated rings. The Hall–Kier alpha value is -2.91. The molecule has 0 aromatic heterocycles. The van der Waals surface area contributed by atoms with E-state index >= 15 is 0 Å². The summed E-state index contributed by atoms with van der Waals surface area (Å²) < 4.78 is 0. The minimum absolute atomic E-state index is 0.102. The van der Waals surface area contributed by atoms with Gasteiger partial charge >= 0.3 is 17.9 Å². The van der Waals surface area contributed by atoms with E-state index in [1.165, 1.54) is 0 Å². The highest BCUT2D eigenvalue weighted by atomic mass is 32.1. The molecule has 0 aliphatic heterocycles. The number of unbranched alkanes of at least 4 members (excludes halogenated alkanes) is 1. The molecular formula is C17H29N5O9S. The lowest BCUT2D eigenvalue weighted by molar-refractivity contribution is -0.143. The lowest BCUT2D eigenvalue weighted by Gasteiger charge is -2.23. The summed E-state index contributed by atoms with van der Waals surface area (Å²) in [6.07, 6.45) is -0.544. The fraction of sp³-hybridized carbons (Fsp3) is 0.647. The molecule has 0 radical (unpaired) electrons. The summed E-state index contributed by atoms with van der Waals surface area (Å²) in [5, 5.41) is 33.4. The van der Waals surface area contributed by atoms with Crippen LogP contribution in [-0.2, 0) is 28.8 Å². The van der Waals surface area contributed by atoms with Crippen LogP contribution >= 0.6 is 12.6 Å². The van der Waals surface area contributed by atoms with Crippen molar-refractivity contribution in [3.05, 3.63) is 0 Å². The quantitative estimate of drug-likeness (QED) is 0.0789. The first kappa shape index (κ1) is 29.1. The zero-order chi connectivity index (χ0) is 24.8. The number of carbonyl (C=O) groups excluding carboxylic acids is 3. The summed E-state index contributed by atoms with van der Waals surface area (Å²) in [7, 11) is 0. The molecule has 182 valence electrons. The van der Waals surface area contributed by atoms with Crippen molar-refractivity contribution < 1.29 is 44.1 Å². The van der Waals surface area contributed by atoms with Gasteiger partial charge in [0, 0.05) is 5.75 Å². The Labute approximate surface area is 188 Å². The topological polar surface area (TPSA) is 251 Å². The molecule has 0 spiro atoms.